The number of carbonyl (C=O) groups excluding carboxylic acids is 2. The van der Waals surface area contributed by atoms with Gasteiger partial charge in [0.05, 0.1) is 5.69 Å². The van der Waals surface area contributed by atoms with Gasteiger partial charge in [0.25, 0.3) is 11.8 Å². The molecular weight excluding hydrogens is 354 g/mol. The highest BCUT2D eigenvalue weighted by Crippen LogP contribution is 2.18. The lowest BCUT2D eigenvalue weighted by atomic mass is 10.0. The van der Waals surface area contributed by atoms with E-state index in [1.807, 2.05) is 42.7 Å². The van der Waals surface area contributed by atoms with E-state index in [4.69, 9.17) is 5.21 Å². The minimum atomic E-state index is -0.856. The molecule has 0 aliphatic rings. The molecule has 2 amide bonds. The predicted octanol–water partition coefficient (Wildman–Crippen LogP) is 3.91. The third-order valence-corrected chi connectivity index (χ3v) is 4.27. The van der Waals surface area contributed by atoms with Crippen LogP contribution in [-0.2, 0) is 4.79 Å². The smallest absolute Gasteiger partial charge is 0.252 e. The Hall–Kier alpha value is -3.64. The first-order chi connectivity index (χ1) is 13.6. The average Bonchev–Trinajstić information content (AvgIpc) is 2.73. The van der Waals surface area contributed by atoms with Crippen molar-refractivity contribution < 1.29 is 14.8 Å². The van der Waals surface area contributed by atoms with Crippen molar-refractivity contribution in [3.8, 4) is 0 Å². The van der Waals surface area contributed by atoms with Gasteiger partial charge in [-0.2, -0.15) is 0 Å². The van der Waals surface area contributed by atoms with Crippen molar-refractivity contribution in [3.05, 3.63) is 95.6 Å². The molecule has 0 saturated heterocycles. The Morgan fingerprint density at radius 1 is 0.821 bits per heavy atom. The molecule has 1 atom stereocenters. The first-order valence-electron chi connectivity index (χ1n) is 8.80. The molecule has 142 valence electrons. The summed E-state index contributed by atoms with van der Waals surface area (Å²) < 4.78 is 0. The minimum absolute atomic E-state index is 0.330. The van der Waals surface area contributed by atoms with Crippen LogP contribution in [0.5, 0.6) is 0 Å². The second-order valence-electron chi connectivity index (χ2n) is 6.36. The summed E-state index contributed by atoms with van der Waals surface area (Å²) >= 11 is 0. The molecule has 4 N–H and O–H groups in total. The average molecular weight is 375 g/mol. The first kappa shape index (κ1) is 19.1. The van der Waals surface area contributed by atoms with Crippen LogP contribution in [0, 0.1) is 6.92 Å². The summed E-state index contributed by atoms with van der Waals surface area (Å²) in [5.74, 6) is -0.694. The van der Waals surface area contributed by atoms with Gasteiger partial charge in [-0.15, -0.1) is 0 Å². The summed E-state index contributed by atoms with van der Waals surface area (Å²) in [7, 11) is 0. The maximum Gasteiger partial charge on any atom is 0.252 e. The molecule has 0 saturated carbocycles. The lowest BCUT2D eigenvalue weighted by molar-refractivity contribution is -0.118. The second-order valence-corrected chi connectivity index (χ2v) is 6.36. The predicted molar refractivity (Wildman–Crippen MR) is 108 cm³/mol. The molecule has 0 spiro atoms. The summed E-state index contributed by atoms with van der Waals surface area (Å²) in [6.45, 7) is 1.94. The van der Waals surface area contributed by atoms with E-state index in [1.165, 1.54) is 0 Å². The molecule has 0 aliphatic carbocycles. The van der Waals surface area contributed by atoms with Crippen LogP contribution in [0.2, 0.25) is 0 Å². The molecule has 0 fully saturated rings. The summed E-state index contributed by atoms with van der Waals surface area (Å²) in [6, 6.07) is 21.9. The van der Waals surface area contributed by atoms with Crippen LogP contribution in [-0.4, -0.2) is 17.0 Å². The number of anilines is 2. The normalized spacial score (nSPS) is 11.4. The van der Waals surface area contributed by atoms with Crippen LogP contribution in [0.15, 0.2) is 78.9 Å². The van der Waals surface area contributed by atoms with E-state index in [0.717, 1.165) is 5.56 Å². The number of nitrogens with one attached hydrogen (secondary N) is 3. The van der Waals surface area contributed by atoms with Gasteiger partial charge in [-0.1, -0.05) is 48.0 Å². The summed E-state index contributed by atoms with van der Waals surface area (Å²) in [5.41, 5.74) is 5.30. The zero-order chi connectivity index (χ0) is 19.9. The van der Waals surface area contributed by atoms with E-state index in [0.29, 0.717) is 22.5 Å². The van der Waals surface area contributed by atoms with E-state index in [-0.39, 0.29) is 11.8 Å². The molecule has 28 heavy (non-hydrogen) atoms. The molecule has 0 aliphatic heterocycles. The molecule has 3 rings (SSSR count). The molecule has 0 radical (unpaired) electrons. The molecule has 6 heteroatoms. The number of hydrogen-bond donors (Lipinski definition) is 4. The Balaban J connectivity index is 1.81. The van der Waals surface area contributed by atoms with Crippen LogP contribution in [0.4, 0.5) is 11.4 Å². The Kier molecular flexibility index (Phi) is 6.04. The molecule has 0 bridgehead atoms. The van der Waals surface area contributed by atoms with Gasteiger partial charge in [-0.05, 0) is 48.9 Å². The van der Waals surface area contributed by atoms with Gasteiger partial charge in [-0.3, -0.25) is 20.3 Å². The van der Waals surface area contributed by atoms with E-state index >= 15 is 0 Å². The summed E-state index contributed by atoms with van der Waals surface area (Å²) in [5, 5.41) is 14.5. The number of benzene rings is 3. The minimum Gasteiger partial charge on any atom is -0.336 e. The topological polar surface area (TPSA) is 90.5 Å². The maximum absolute atomic E-state index is 12.9. The molecular formula is C22H21N3O3. The van der Waals surface area contributed by atoms with Crippen molar-refractivity contribution in [3.63, 3.8) is 0 Å². The van der Waals surface area contributed by atoms with Crippen molar-refractivity contribution in [1.29, 1.82) is 0 Å². The lowest BCUT2D eigenvalue weighted by Gasteiger charge is -2.19. The van der Waals surface area contributed by atoms with Gasteiger partial charge >= 0.3 is 0 Å². The maximum atomic E-state index is 12.9. The van der Waals surface area contributed by atoms with Crippen molar-refractivity contribution in [1.82, 2.24) is 5.32 Å². The summed E-state index contributed by atoms with van der Waals surface area (Å²) in [6.07, 6.45) is 0. The molecule has 3 aromatic rings. The Bertz CT molecular complexity index is 939. The van der Waals surface area contributed by atoms with Gasteiger partial charge in [-0.25, -0.2) is 0 Å². The van der Waals surface area contributed by atoms with Crippen molar-refractivity contribution in [2.45, 2.75) is 13.0 Å². The lowest BCUT2D eigenvalue weighted by Crippen LogP contribution is -2.37. The first-order valence-corrected chi connectivity index (χ1v) is 8.80. The van der Waals surface area contributed by atoms with Crippen LogP contribution < -0.4 is 16.1 Å². The van der Waals surface area contributed by atoms with Crippen LogP contribution in [0.25, 0.3) is 0 Å². The number of carbonyl (C=O) groups is 2. The Morgan fingerprint density at radius 3 is 2.04 bits per heavy atom. The number of hydrogen-bond acceptors (Lipinski definition) is 4. The highest BCUT2D eigenvalue weighted by molar-refractivity contribution is 6.01. The quantitative estimate of drug-likeness (QED) is 0.492. The Labute approximate surface area is 163 Å². The van der Waals surface area contributed by atoms with Gasteiger partial charge in [0.15, 0.2) is 0 Å². The van der Waals surface area contributed by atoms with E-state index < -0.39 is 6.04 Å². The van der Waals surface area contributed by atoms with Crippen LogP contribution in [0.1, 0.15) is 27.5 Å². The van der Waals surface area contributed by atoms with Crippen molar-refractivity contribution in [2.24, 2.45) is 0 Å². The SMILES string of the molecule is Cc1ccc(C(=O)N[C@H](C(=O)Nc2ccc(NO)cc2)c2ccccc2)cc1. The van der Waals surface area contributed by atoms with Crippen LogP contribution >= 0.6 is 0 Å². The fourth-order valence-electron chi connectivity index (χ4n) is 2.71. The van der Waals surface area contributed by atoms with Crippen molar-refractivity contribution >= 4 is 23.2 Å². The molecule has 6 nitrogen and oxygen atoms in total. The molecule has 0 aromatic heterocycles. The van der Waals surface area contributed by atoms with E-state index in [1.54, 1.807) is 48.5 Å². The molecule has 3 aromatic carbocycles. The van der Waals surface area contributed by atoms with Gasteiger partial charge in [0.1, 0.15) is 6.04 Å². The second kappa shape index (κ2) is 8.83. The van der Waals surface area contributed by atoms with Gasteiger partial charge in [0, 0.05) is 11.3 Å². The Morgan fingerprint density at radius 2 is 1.43 bits per heavy atom. The highest BCUT2D eigenvalue weighted by atomic mass is 16.5. The zero-order valence-electron chi connectivity index (χ0n) is 15.3. The third kappa shape index (κ3) is 4.75. The van der Waals surface area contributed by atoms with E-state index in [9.17, 15) is 9.59 Å². The van der Waals surface area contributed by atoms with Crippen LogP contribution in [0.3, 0.4) is 0 Å². The number of aryl methyl sites for hydroxylation is 1. The fraction of sp³-hybridized carbons (Fsp3) is 0.0909. The monoisotopic (exact) mass is 375 g/mol. The third-order valence-electron chi connectivity index (χ3n) is 4.27. The fourth-order valence-corrected chi connectivity index (χ4v) is 2.71. The van der Waals surface area contributed by atoms with Crippen molar-refractivity contribution in [2.75, 3.05) is 10.8 Å². The number of amides is 2. The number of rotatable bonds is 6. The molecule has 0 unspecified atom stereocenters. The van der Waals surface area contributed by atoms with E-state index in [2.05, 4.69) is 10.6 Å². The van der Waals surface area contributed by atoms with Gasteiger partial charge < -0.3 is 10.6 Å². The summed E-state index contributed by atoms with van der Waals surface area (Å²) in [4.78, 5) is 25.6. The standard InChI is InChI=1S/C22H21N3O3/c1-15-7-9-17(10-8-15)21(26)24-20(16-5-3-2-4-6-16)22(27)23-18-11-13-19(25-28)14-12-18/h2-14,20,25,28H,1H3,(H,23,27)(H,24,26)/t20-/m0/s1. The highest BCUT2D eigenvalue weighted by Gasteiger charge is 2.23. The largest absolute Gasteiger partial charge is 0.336 e. The zero-order valence-corrected chi connectivity index (χ0v) is 15.3. The van der Waals surface area contributed by atoms with Gasteiger partial charge in [0.2, 0.25) is 0 Å². The molecule has 0 heterocycles.